The fraction of sp³-hybridized carbons (Fsp3) is 0.647. The highest BCUT2D eigenvalue weighted by Gasteiger charge is 2.20. The summed E-state index contributed by atoms with van der Waals surface area (Å²) in [5, 5.41) is 0. The van der Waals surface area contributed by atoms with Gasteiger partial charge in [-0.05, 0) is 11.6 Å². The fourth-order valence-electron chi connectivity index (χ4n) is 3.15. The van der Waals surface area contributed by atoms with Crippen LogP contribution < -0.4 is 0 Å². The van der Waals surface area contributed by atoms with Crippen molar-refractivity contribution in [1.82, 2.24) is 19.7 Å². The van der Waals surface area contributed by atoms with E-state index in [2.05, 4.69) is 20.9 Å². The Morgan fingerprint density at radius 3 is 2.52 bits per heavy atom. The highest BCUT2D eigenvalue weighted by molar-refractivity contribution is 5.76. The SMILES string of the molecule is O=C(CCN1CCN(Cc2cccnc2)CC1)N1CCOCC1. The number of carbonyl (C=O) groups excluding carboxylic acids is 1. The first-order chi connectivity index (χ1) is 11.3. The van der Waals surface area contributed by atoms with Gasteiger partial charge in [-0.3, -0.25) is 14.7 Å². The number of rotatable bonds is 5. The summed E-state index contributed by atoms with van der Waals surface area (Å²) in [6, 6.07) is 4.11. The summed E-state index contributed by atoms with van der Waals surface area (Å²) in [6.45, 7) is 8.88. The number of ether oxygens (including phenoxy) is 1. The quantitative estimate of drug-likeness (QED) is 0.789. The molecule has 2 aliphatic heterocycles. The summed E-state index contributed by atoms with van der Waals surface area (Å²) in [4.78, 5) is 23.1. The maximum Gasteiger partial charge on any atom is 0.224 e. The van der Waals surface area contributed by atoms with Gasteiger partial charge in [-0.2, -0.15) is 0 Å². The Morgan fingerprint density at radius 1 is 1.09 bits per heavy atom. The zero-order valence-corrected chi connectivity index (χ0v) is 13.7. The second kappa shape index (κ2) is 8.38. The Hall–Kier alpha value is -1.50. The molecule has 0 aromatic carbocycles. The Bertz CT molecular complexity index is 483. The standard InChI is InChI=1S/C17H26N4O2/c22-17(21-10-12-23-13-11-21)3-5-19-6-8-20(9-7-19)15-16-2-1-4-18-14-16/h1-2,4,14H,3,5-13,15H2. The molecule has 0 bridgehead atoms. The third-order valence-corrected chi connectivity index (χ3v) is 4.60. The Kier molecular flexibility index (Phi) is 5.96. The van der Waals surface area contributed by atoms with E-state index in [-0.39, 0.29) is 5.91 Å². The van der Waals surface area contributed by atoms with Gasteiger partial charge in [0.05, 0.1) is 13.2 Å². The number of nitrogens with zero attached hydrogens (tertiary/aromatic N) is 4. The number of piperazine rings is 1. The molecule has 1 aromatic heterocycles. The highest BCUT2D eigenvalue weighted by atomic mass is 16.5. The lowest BCUT2D eigenvalue weighted by atomic mass is 10.2. The molecule has 1 aromatic rings. The van der Waals surface area contributed by atoms with Crippen molar-refractivity contribution in [2.24, 2.45) is 0 Å². The topological polar surface area (TPSA) is 48.9 Å². The van der Waals surface area contributed by atoms with Gasteiger partial charge in [-0.1, -0.05) is 6.07 Å². The van der Waals surface area contributed by atoms with Crippen LogP contribution in [-0.2, 0) is 16.1 Å². The maximum atomic E-state index is 12.2. The van der Waals surface area contributed by atoms with Crippen LogP contribution in [-0.4, -0.2) is 84.6 Å². The smallest absolute Gasteiger partial charge is 0.224 e. The third-order valence-electron chi connectivity index (χ3n) is 4.60. The Labute approximate surface area is 138 Å². The van der Waals surface area contributed by atoms with E-state index in [1.165, 1.54) is 5.56 Å². The zero-order valence-electron chi connectivity index (χ0n) is 13.7. The first-order valence-electron chi connectivity index (χ1n) is 8.50. The fourth-order valence-corrected chi connectivity index (χ4v) is 3.15. The molecule has 3 heterocycles. The summed E-state index contributed by atoms with van der Waals surface area (Å²) in [6.07, 6.45) is 4.38. The van der Waals surface area contributed by atoms with Crippen LogP contribution >= 0.6 is 0 Å². The summed E-state index contributed by atoms with van der Waals surface area (Å²) >= 11 is 0. The van der Waals surface area contributed by atoms with Gasteiger partial charge in [0.25, 0.3) is 0 Å². The highest BCUT2D eigenvalue weighted by Crippen LogP contribution is 2.09. The minimum absolute atomic E-state index is 0.270. The summed E-state index contributed by atoms with van der Waals surface area (Å²) in [5.41, 5.74) is 1.27. The summed E-state index contributed by atoms with van der Waals surface area (Å²) in [5.74, 6) is 0.270. The van der Waals surface area contributed by atoms with Gasteiger partial charge < -0.3 is 14.5 Å². The van der Waals surface area contributed by atoms with Crippen LogP contribution in [0.4, 0.5) is 0 Å². The number of morpholine rings is 1. The van der Waals surface area contributed by atoms with Gasteiger partial charge in [0, 0.05) is 71.2 Å². The molecule has 126 valence electrons. The molecule has 0 N–H and O–H groups in total. The first kappa shape index (κ1) is 16.4. The van der Waals surface area contributed by atoms with E-state index < -0.39 is 0 Å². The molecule has 6 heteroatoms. The first-order valence-corrected chi connectivity index (χ1v) is 8.50. The molecule has 2 aliphatic rings. The van der Waals surface area contributed by atoms with Gasteiger partial charge in [0.1, 0.15) is 0 Å². The number of hydrogen-bond acceptors (Lipinski definition) is 5. The average Bonchev–Trinajstić information content (AvgIpc) is 2.62. The summed E-state index contributed by atoms with van der Waals surface area (Å²) in [7, 11) is 0. The van der Waals surface area contributed by atoms with Crippen molar-refractivity contribution < 1.29 is 9.53 Å². The zero-order chi connectivity index (χ0) is 15.9. The second-order valence-corrected chi connectivity index (χ2v) is 6.22. The van der Waals surface area contributed by atoms with Gasteiger partial charge in [0.2, 0.25) is 5.91 Å². The van der Waals surface area contributed by atoms with E-state index in [9.17, 15) is 4.79 Å². The molecule has 2 fully saturated rings. The van der Waals surface area contributed by atoms with E-state index >= 15 is 0 Å². The van der Waals surface area contributed by atoms with Crippen molar-refractivity contribution >= 4 is 5.91 Å². The molecule has 6 nitrogen and oxygen atoms in total. The van der Waals surface area contributed by atoms with Crippen molar-refractivity contribution in [3.63, 3.8) is 0 Å². The number of pyridine rings is 1. The van der Waals surface area contributed by atoms with Crippen LogP contribution in [0.1, 0.15) is 12.0 Å². The number of hydrogen-bond donors (Lipinski definition) is 0. The molecule has 23 heavy (non-hydrogen) atoms. The van der Waals surface area contributed by atoms with Crippen LogP contribution in [0.25, 0.3) is 0 Å². The second-order valence-electron chi connectivity index (χ2n) is 6.22. The lowest BCUT2D eigenvalue weighted by Gasteiger charge is -2.35. The number of amides is 1. The van der Waals surface area contributed by atoms with E-state index in [0.29, 0.717) is 19.6 Å². The van der Waals surface area contributed by atoms with Crippen LogP contribution in [0.2, 0.25) is 0 Å². The Balaban J connectivity index is 1.35. The molecular weight excluding hydrogens is 292 g/mol. The molecule has 2 saturated heterocycles. The molecule has 0 atom stereocenters. The normalized spacial score (nSPS) is 20.6. The molecule has 0 spiro atoms. The van der Waals surface area contributed by atoms with Crippen molar-refractivity contribution in [2.45, 2.75) is 13.0 Å². The predicted octanol–water partition coefficient (Wildman–Crippen LogP) is 0.448. The van der Waals surface area contributed by atoms with Gasteiger partial charge in [0.15, 0.2) is 0 Å². The lowest BCUT2D eigenvalue weighted by Crippen LogP contribution is -2.47. The minimum Gasteiger partial charge on any atom is -0.378 e. The van der Waals surface area contributed by atoms with Crippen molar-refractivity contribution in [2.75, 3.05) is 59.0 Å². The van der Waals surface area contributed by atoms with Gasteiger partial charge >= 0.3 is 0 Å². The van der Waals surface area contributed by atoms with Crippen LogP contribution in [0.3, 0.4) is 0 Å². The van der Waals surface area contributed by atoms with E-state index in [1.54, 1.807) is 0 Å². The molecule has 0 aliphatic carbocycles. The van der Waals surface area contributed by atoms with Crippen LogP contribution in [0.15, 0.2) is 24.5 Å². The van der Waals surface area contributed by atoms with Crippen molar-refractivity contribution in [1.29, 1.82) is 0 Å². The largest absolute Gasteiger partial charge is 0.378 e. The number of carbonyl (C=O) groups is 1. The number of aromatic nitrogens is 1. The van der Waals surface area contributed by atoms with Gasteiger partial charge in [-0.15, -0.1) is 0 Å². The lowest BCUT2D eigenvalue weighted by molar-refractivity contribution is -0.135. The molecular formula is C17H26N4O2. The summed E-state index contributed by atoms with van der Waals surface area (Å²) < 4.78 is 5.29. The van der Waals surface area contributed by atoms with Gasteiger partial charge in [-0.25, -0.2) is 0 Å². The Morgan fingerprint density at radius 2 is 1.83 bits per heavy atom. The molecule has 3 rings (SSSR count). The van der Waals surface area contributed by atoms with Crippen molar-refractivity contribution in [3.8, 4) is 0 Å². The average molecular weight is 318 g/mol. The molecule has 0 saturated carbocycles. The van der Waals surface area contributed by atoms with Crippen molar-refractivity contribution in [3.05, 3.63) is 30.1 Å². The molecule has 0 radical (unpaired) electrons. The molecule has 0 unspecified atom stereocenters. The van der Waals surface area contributed by atoms with E-state index in [4.69, 9.17) is 4.74 Å². The van der Waals surface area contributed by atoms with Crippen LogP contribution in [0, 0.1) is 0 Å². The monoisotopic (exact) mass is 318 g/mol. The van der Waals surface area contributed by atoms with E-state index in [0.717, 1.165) is 52.4 Å². The minimum atomic E-state index is 0.270. The van der Waals surface area contributed by atoms with E-state index in [1.807, 2.05) is 23.4 Å². The third kappa shape index (κ3) is 4.99. The molecule has 1 amide bonds. The predicted molar refractivity (Wildman–Crippen MR) is 88.0 cm³/mol. The van der Waals surface area contributed by atoms with Crippen LogP contribution in [0.5, 0.6) is 0 Å². The maximum absolute atomic E-state index is 12.2.